The zero-order valence-electron chi connectivity index (χ0n) is 15.9. The topological polar surface area (TPSA) is 73.0 Å². The predicted molar refractivity (Wildman–Crippen MR) is 105 cm³/mol. The third-order valence-corrected chi connectivity index (χ3v) is 4.97. The molecule has 3 heterocycles. The minimum atomic E-state index is -0.00958. The van der Waals surface area contributed by atoms with E-state index in [1.165, 1.54) is 0 Å². The van der Waals surface area contributed by atoms with Crippen molar-refractivity contribution >= 4 is 17.5 Å². The van der Waals surface area contributed by atoms with Gasteiger partial charge in [-0.1, -0.05) is 12.1 Å². The molecule has 0 atom stereocenters. The standard InChI is InChI=1S/C21H23N5O2/c1-16-13-20-25(10-2-11-26(20)23-16)21(28)8-7-19(27)14-17-3-5-18(6-4-17)24-12-9-22-15-24/h3-6,9,12-13,15H,2,7-8,10-11,14H2,1H3. The molecule has 0 saturated heterocycles. The van der Waals surface area contributed by atoms with Crippen LogP contribution in [0.15, 0.2) is 49.1 Å². The number of carbonyl (C=O) groups excluding carboxylic acids is 2. The second-order valence-corrected chi connectivity index (χ2v) is 7.12. The van der Waals surface area contributed by atoms with Gasteiger partial charge in [-0.05, 0) is 31.0 Å². The molecule has 0 unspecified atom stereocenters. The number of hydrogen-bond acceptors (Lipinski definition) is 4. The number of anilines is 1. The quantitative estimate of drug-likeness (QED) is 0.662. The van der Waals surface area contributed by atoms with Crippen LogP contribution in [0.5, 0.6) is 0 Å². The van der Waals surface area contributed by atoms with Gasteiger partial charge in [0.15, 0.2) is 0 Å². The number of hydrogen-bond donors (Lipinski definition) is 0. The second-order valence-electron chi connectivity index (χ2n) is 7.12. The van der Waals surface area contributed by atoms with E-state index in [0.717, 1.165) is 35.7 Å². The molecule has 3 aromatic rings. The average molecular weight is 377 g/mol. The van der Waals surface area contributed by atoms with Crippen molar-refractivity contribution in [3.8, 4) is 5.69 Å². The number of nitrogens with zero attached hydrogens (tertiary/aromatic N) is 5. The van der Waals surface area contributed by atoms with E-state index in [9.17, 15) is 9.59 Å². The third kappa shape index (κ3) is 3.88. The molecule has 0 bridgehead atoms. The molecule has 0 saturated carbocycles. The molecule has 1 aliphatic rings. The largest absolute Gasteiger partial charge is 0.306 e. The Morgan fingerprint density at radius 3 is 2.68 bits per heavy atom. The van der Waals surface area contributed by atoms with Crippen LogP contribution in [0.1, 0.15) is 30.5 Å². The van der Waals surface area contributed by atoms with Crippen molar-refractivity contribution in [3.05, 3.63) is 60.3 Å². The molecule has 4 rings (SSSR count). The first kappa shape index (κ1) is 18.2. The van der Waals surface area contributed by atoms with Gasteiger partial charge in [0.05, 0.1) is 12.0 Å². The summed E-state index contributed by atoms with van der Waals surface area (Å²) in [5.41, 5.74) is 2.86. The molecule has 0 fully saturated rings. The molecule has 7 heteroatoms. The fourth-order valence-corrected chi connectivity index (χ4v) is 3.55. The number of aryl methyl sites for hydroxylation is 2. The van der Waals surface area contributed by atoms with Crippen molar-refractivity contribution in [3.63, 3.8) is 0 Å². The lowest BCUT2D eigenvalue weighted by Crippen LogP contribution is -2.37. The van der Waals surface area contributed by atoms with Crippen LogP contribution in [0.4, 0.5) is 5.82 Å². The van der Waals surface area contributed by atoms with Crippen LogP contribution in [0.3, 0.4) is 0 Å². The Bertz CT molecular complexity index is 973. The molecular weight excluding hydrogens is 354 g/mol. The van der Waals surface area contributed by atoms with Gasteiger partial charge >= 0.3 is 0 Å². The summed E-state index contributed by atoms with van der Waals surface area (Å²) >= 11 is 0. The van der Waals surface area contributed by atoms with E-state index >= 15 is 0 Å². The van der Waals surface area contributed by atoms with Crippen molar-refractivity contribution < 1.29 is 9.59 Å². The normalized spacial score (nSPS) is 13.4. The molecule has 7 nitrogen and oxygen atoms in total. The Balaban J connectivity index is 1.32. The SMILES string of the molecule is Cc1cc2n(n1)CCCN2C(=O)CCC(=O)Cc1ccc(-n2ccnc2)cc1. The molecule has 0 N–H and O–H groups in total. The van der Waals surface area contributed by atoms with Gasteiger partial charge in [0.25, 0.3) is 0 Å². The molecule has 28 heavy (non-hydrogen) atoms. The first-order chi connectivity index (χ1) is 13.6. The molecular formula is C21H23N5O2. The molecule has 0 radical (unpaired) electrons. The van der Waals surface area contributed by atoms with Gasteiger partial charge in [0.2, 0.25) is 5.91 Å². The monoisotopic (exact) mass is 377 g/mol. The fourth-order valence-electron chi connectivity index (χ4n) is 3.55. The smallest absolute Gasteiger partial charge is 0.228 e. The van der Waals surface area contributed by atoms with Gasteiger partial charge in [-0.3, -0.25) is 14.5 Å². The summed E-state index contributed by atoms with van der Waals surface area (Å²) in [4.78, 5) is 30.8. The summed E-state index contributed by atoms with van der Waals surface area (Å²) in [6, 6.07) is 9.75. The zero-order chi connectivity index (χ0) is 19.5. The maximum Gasteiger partial charge on any atom is 0.228 e. The predicted octanol–water partition coefficient (Wildman–Crippen LogP) is 2.71. The third-order valence-electron chi connectivity index (χ3n) is 4.97. The number of aromatic nitrogens is 4. The highest BCUT2D eigenvalue weighted by molar-refractivity contribution is 5.95. The van der Waals surface area contributed by atoms with Crippen LogP contribution in [-0.4, -0.2) is 37.6 Å². The van der Waals surface area contributed by atoms with E-state index in [-0.39, 0.29) is 24.5 Å². The van der Waals surface area contributed by atoms with Crippen LogP contribution in [0, 0.1) is 6.92 Å². The van der Waals surface area contributed by atoms with E-state index in [1.54, 1.807) is 17.4 Å². The molecule has 1 aliphatic heterocycles. The van der Waals surface area contributed by atoms with E-state index in [4.69, 9.17) is 0 Å². The van der Waals surface area contributed by atoms with Gasteiger partial charge in [0.1, 0.15) is 11.6 Å². The first-order valence-electron chi connectivity index (χ1n) is 9.54. The Morgan fingerprint density at radius 1 is 1.11 bits per heavy atom. The molecule has 0 spiro atoms. The maximum atomic E-state index is 12.6. The Morgan fingerprint density at radius 2 is 1.93 bits per heavy atom. The van der Waals surface area contributed by atoms with Gasteiger partial charge in [0, 0.05) is 56.5 Å². The lowest BCUT2D eigenvalue weighted by atomic mass is 10.0. The fraction of sp³-hybridized carbons (Fsp3) is 0.333. The number of imidazole rings is 1. The van der Waals surface area contributed by atoms with Crippen LogP contribution in [0.25, 0.3) is 5.69 Å². The number of rotatable bonds is 6. The van der Waals surface area contributed by atoms with Gasteiger partial charge in [-0.15, -0.1) is 0 Å². The van der Waals surface area contributed by atoms with Crippen molar-refractivity contribution in [2.75, 3.05) is 11.4 Å². The lowest BCUT2D eigenvalue weighted by molar-refractivity contribution is -0.123. The second kappa shape index (κ2) is 7.80. The van der Waals surface area contributed by atoms with Gasteiger partial charge < -0.3 is 4.57 Å². The van der Waals surface area contributed by atoms with E-state index in [0.29, 0.717) is 13.0 Å². The maximum absolute atomic E-state index is 12.6. The summed E-state index contributed by atoms with van der Waals surface area (Å²) in [6.07, 6.45) is 7.05. The van der Waals surface area contributed by atoms with Crippen molar-refractivity contribution in [2.45, 2.75) is 39.2 Å². The van der Waals surface area contributed by atoms with Gasteiger partial charge in [-0.25, -0.2) is 9.67 Å². The Hall–Kier alpha value is -3.22. The number of carbonyl (C=O) groups is 2. The molecule has 1 amide bonds. The van der Waals surface area contributed by atoms with E-state index < -0.39 is 0 Å². The number of ketones is 1. The highest BCUT2D eigenvalue weighted by Gasteiger charge is 2.24. The first-order valence-corrected chi connectivity index (χ1v) is 9.54. The zero-order valence-corrected chi connectivity index (χ0v) is 15.9. The summed E-state index contributed by atoms with van der Waals surface area (Å²) in [6.45, 7) is 3.45. The molecule has 2 aromatic heterocycles. The number of Topliss-reactive ketones (excluding diaryl/α,β-unsaturated/α-hetero) is 1. The highest BCUT2D eigenvalue weighted by atomic mass is 16.2. The summed E-state index contributed by atoms with van der Waals surface area (Å²) < 4.78 is 3.79. The average Bonchev–Trinajstić information content (AvgIpc) is 3.35. The number of benzene rings is 1. The summed E-state index contributed by atoms with van der Waals surface area (Å²) in [5, 5.41) is 4.41. The van der Waals surface area contributed by atoms with Crippen LogP contribution >= 0.6 is 0 Å². The van der Waals surface area contributed by atoms with E-state index in [1.807, 2.05) is 52.7 Å². The highest BCUT2D eigenvalue weighted by Crippen LogP contribution is 2.22. The van der Waals surface area contributed by atoms with Crippen molar-refractivity contribution in [2.24, 2.45) is 0 Å². The van der Waals surface area contributed by atoms with Crippen LogP contribution in [0.2, 0.25) is 0 Å². The molecule has 0 aliphatic carbocycles. The Labute approximate surface area is 163 Å². The minimum Gasteiger partial charge on any atom is -0.306 e. The van der Waals surface area contributed by atoms with E-state index in [2.05, 4.69) is 10.1 Å². The number of amides is 1. The van der Waals surface area contributed by atoms with Gasteiger partial charge in [-0.2, -0.15) is 5.10 Å². The number of fused-ring (bicyclic) bond motifs is 1. The summed E-state index contributed by atoms with van der Waals surface area (Å²) in [7, 11) is 0. The summed E-state index contributed by atoms with van der Waals surface area (Å²) in [5.74, 6) is 0.909. The van der Waals surface area contributed by atoms with Crippen LogP contribution in [-0.2, 0) is 22.6 Å². The Kier molecular flexibility index (Phi) is 5.06. The van der Waals surface area contributed by atoms with Crippen LogP contribution < -0.4 is 4.90 Å². The minimum absolute atomic E-state index is 0.00958. The van der Waals surface area contributed by atoms with Crippen molar-refractivity contribution in [1.29, 1.82) is 0 Å². The lowest BCUT2D eigenvalue weighted by Gasteiger charge is -2.27. The molecule has 144 valence electrons. The van der Waals surface area contributed by atoms with Crippen molar-refractivity contribution in [1.82, 2.24) is 19.3 Å². The molecule has 1 aromatic carbocycles.